The Labute approximate surface area is 116 Å². The largest absolute Gasteiger partial charge is 0.486 e. The second-order valence-corrected chi connectivity index (χ2v) is 4.80. The maximum Gasteiger partial charge on any atom is 0.134 e. The fraction of sp³-hybridized carbons (Fsp3) is 0.500. The first-order valence-corrected chi connectivity index (χ1v) is 6.78. The molecule has 1 rings (SSSR count). The first-order valence-electron chi connectivity index (χ1n) is 6.78. The molecule has 0 aromatic heterocycles. The Kier molecular flexibility index (Phi) is 7.23. The summed E-state index contributed by atoms with van der Waals surface area (Å²) in [5, 5.41) is 3.38. The average molecular weight is 263 g/mol. The van der Waals surface area contributed by atoms with Gasteiger partial charge in [0.2, 0.25) is 0 Å². The summed E-state index contributed by atoms with van der Waals surface area (Å²) in [6.45, 7) is 7.60. The van der Waals surface area contributed by atoms with Crippen LogP contribution < -0.4 is 10.1 Å². The van der Waals surface area contributed by atoms with Crippen LogP contribution in [0.2, 0.25) is 0 Å². The van der Waals surface area contributed by atoms with E-state index in [-0.39, 0.29) is 6.10 Å². The van der Waals surface area contributed by atoms with Gasteiger partial charge >= 0.3 is 0 Å². The van der Waals surface area contributed by atoms with E-state index in [1.54, 1.807) is 7.11 Å². The maximum atomic E-state index is 6.05. The van der Waals surface area contributed by atoms with Gasteiger partial charge in [0.15, 0.2) is 0 Å². The molecule has 1 unspecified atom stereocenters. The number of allylic oxidation sites excluding steroid dienone is 1. The van der Waals surface area contributed by atoms with Gasteiger partial charge in [-0.05, 0) is 13.0 Å². The summed E-state index contributed by atoms with van der Waals surface area (Å²) < 4.78 is 11.3. The zero-order valence-electron chi connectivity index (χ0n) is 12.3. The lowest BCUT2D eigenvalue weighted by Crippen LogP contribution is -2.38. The fourth-order valence-corrected chi connectivity index (χ4v) is 1.77. The predicted molar refractivity (Wildman–Crippen MR) is 80.6 cm³/mol. The number of hydrogen-bond acceptors (Lipinski definition) is 3. The highest BCUT2D eigenvalue weighted by atomic mass is 16.5. The Bertz CT molecular complexity index is 388. The second-order valence-electron chi connectivity index (χ2n) is 4.80. The van der Waals surface area contributed by atoms with E-state index < -0.39 is 0 Å². The molecule has 1 aromatic rings. The van der Waals surface area contributed by atoms with E-state index in [2.05, 4.69) is 31.3 Å². The Morgan fingerprint density at radius 1 is 1.26 bits per heavy atom. The number of hydrogen-bond donors (Lipinski definition) is 1. The van der Waals surface area contributed by atoms with Crippen molar-refractivity contribution in [2.75, 3.05) is 20.3 Å². The zero-order chi connectivity index (χ0) is 14.1. The molecule has 0 fully saturated rings. The van der Waals surface area contributed by atoms with Gasteiger partial charge in [0.1, 0.15) is 11.9 Å². The average Bonchev–Trinajstić information content (AvgIpc) is 2.38. The van der Waals surface area contributed by atoms with E-state index in [0.29, 0.717) is 12.6 Å². The van der Waals surface area contributed by atoms with Crippen LogP contribution in [0, 0.1) is 0 Å². The summed E-state index contributed by atoms with van der Waals surface area (Å²) in [7, 11) is 1.70. The molecule has 19 heavy (non-hydrogen) atoms. The van der Waals surface area contributed by atoms with Crippen LogP contribution >= 0.6 is 0 Å². The first kappa shape index (κ1) is 15.7. The van der Waals surface area contributed by atoms with Crippen LogP contribution in [0.5, 0.6) is 5.75 Å². The van der Waals surface area contributed by atoms with Crippen molar-refractivity contribution in [3.63, 3.8) is 0 Å². The molecule has 0 spiro atoms. The molecule has 0 saturated carbocycles. The third-order valence-electron chi connectivity index (χ3n) is 2.67. The Morgan fingerprint density at radius 2 is 2.00 bits per heavy atom. The highest BCUT2D eigenvalue weighted by Gasteiger charge is 2.12. The van der Waals surface area contributed by atoms with Crippen molar-refractivity contribution in [1.29, 1.82) is 0 Å². The standard InChI is InChI=1S/C16H25NO2/c1-5-8-14-9-6-7-10-16(14)19-15(12-18-4)11-17-13(2)3/h5-10,13,15,17H,11-12H2,1-4H3/b8-5+. The minimum absolute atomic E-state index is 0.0128. The molecule has 1 aromatic carbocycles. The van der Waals surface area contributed by atoms with Crippen LogP contribution in [0.15, 0.2) is 30.3 Å². The lowest BCUT2D eigenvalue weighted by molar-refractivity contribution is 0.0793. The van der Waals surface area contributed by atoms with Gasteiger partial charge in [-0.15, -0.1) is 0 Å². The SMILES string of the molecule is C/C=C/c1ccccc1OC(CNC(C)C)COC. The topological polar surface area (TPSA) is 30.5 Å². The maximum absolute atomic E-state index is 6.05. The number of ether oxygens (including phenoxy) is 2. The third kappa shape index (κ3) is 5.90. The van der Waals surface area contributed by atoms with Gasteiger partial charge in [0.25, 0.3) is 0 Å². The van der Waals surface area contributed by atoms with E-state index in [1.165, 1.54) is 0 Å². The highest BCUT2D eigenvalue weighted by Crippen LogP contribution is 2.20. The molecule has 3 heteroatoms. The molecule has 0 amide bonds. The molecule has 0 bridgehead atoms. The van der Waals surface area contributed by atoms with Gasteiger partial charge in [-0.3, -0.25) is 0 Å². The van der Waals surface area contributed by atoms with Crippen molar-refractivity contribution >= 4 is 6.08 Å². The lowest BCUT2D eigenvalue weighted by atomic mass is 10.2. The quantitative estimate of drug-likeness (QED) is 0.781. The smallest absolute Gasteiger partial charge is 0.134 e. The summed E-state index contributed by atoms with van der Waals surface area (Å²) in [6.07, 6.45) is 4.08. The molecule has 1 N–H and O–H groups in total. The number of benzene rings is 1. The summed E-state index contributed by atoms with van der Waals surface area (Å²) in [5.74, 6) is 0.896. The van der Waals surface area contributed by atoms with Gasteiger partial charge in [-0.2, -0.15) is 0 Å². The summed E-state index contributed by atoms with van der Waals surface area (Å²) in [4.78, 5) is 0. The molecule has 0 radical (unpaired) electrons. The van der Waals surface area contributed by atoms with E-state index in [9.17, 15) is 0 Å². The zero-order valence-corrected chi connectivity index (χ0v) is 12.3. The number of para-hydroxylation sites is 1. The third-order valence-corrected chi connectivity index (χ3v) is 2.67. The van der Waals surface area contributed by atoms with Crippen molar-refractivity contribution in [2.45, 2.75) is 32.9 Å². The molecular formula is C16H25NO2. The first-order chi connectivity index (χ1) is 9.17. The van der Waals surface area contributed by atoms with E-state index in [1.807, 2.05) is 31.2 Å². The van der Waals surface area contributed by atoms with Crippen molar-refractivity contribution in [1.82, 2.24) is 5.32 Å². The number of methoxy groups -OCH3 is 1. The second kappa shape index (κ2) is 8.73. The van der Waals surface area contributed by atoms with Crippen LogP contribution in [0.3, 0.4) is 0 Å². The van der Waals surface area contributed by atoms with Crippen LogP contribution in [0.1, 0.15) is 26.3 Å². The Morgan fingerprint density at radius 3 is 2.63 bits per heavy atom. The highest BCUT2D eigenvalue weighted by molar-refractivity contribution is 5.56. The molecule has 0 aliphatic rings. The van der Waals surface area contributed by atoms with Gasteiger partial charge in [-0.1, -0.05) is 44.2 Å². The van der Waals surface area contributed by atoms with E-state index in [4.69, 9.17) is 9.47 Å². The molecule has 3 nitrogen and oxygen atoms in total. The van der Waals surface area contributed by atoms with Crippen LogP contribution in [-0.2, 0) is 4.74 Å². The molecular weight excluding hydrogens is 238 g/mol. The summed E-state index contributed by atoms with van der Waals surface area (Å²) in [5.41, 5.74) is 1.09. The molecule has 106 valence electrons. The minimum Gasteiger partial charge on any atom is -0.486 e. The summed E-state index contributed by atoms with van der Waals surface area (Å²) >= 11 is 0. The van der Waals surface area contributed by atoms with Gasteiger partial charge in [0, 0.05) is 25.3 Å². The number of nitrogens with one attached hydrogen (secondary N) is 1. The van der Waals surface area contributed by atoms with Gasteiger partial charge < -0.3 is 14.8 Å². The van der Waals surface area contributed by atoms with Crippen molar-refractivity contribution in [2.24, 2.45) is 0 Å². The number of rotatable bonds is 8. The van der Waals surface area contributed by atoms with E-state index in [0.717, 1.165) is 17.9 Å². The Hall–Kier alpha value is -1.32. The Balaban J connectivity index is 2.72. The lowest BCUT2D eigenvalue weighted by Gasteiger charge is -2.21. The van der Waals surface area contributed by atoms with Gasteiger partial charge in [0.05, 0.1) is 6.61 Å². The molecule has 0 saturated heterocycles. The predicted octanol–water partition coefficient (Wildman–Crippen LogP) is 3.11. The fourth-order valence-electron chi connectivity index (χ4n) is 1.77. The van der Waals surface area contributed by atoms with Crippen LogP contribution in [0.4, 0.5) is 0 Å². The van der Waals surface area contributed by atoms with Gasteiger partial charge in [-0.25, -0.2) is 0 Å². The molecule has 0 aliphatic carbocycles. The van der Waals surface area contributed by atoms with Crippen molar-refractivity contribution in [3.05, 3.63) is 35.9 Å². The van der Waals surface area contributed by atoms with Crippen LogP contribution in [0.25, 0.3) is 6.08 Å². The van der Waals surface area contributed by atoms with Crippen LogP contribution in [-0.4, -0.2) is 32.4 Å². The normalized spacial score (nSPS) is 13.1. The van der Waals surface area contributed by atoms with E-state index >= 15 is 0 Å². The summed E-state index contributed by atoms with van der Waals surface area (Å²) in [6, 6.07) is 8.48. The minimum atomic E-state index is 0.0128. The molecule has 0 aliphatic heterocycles. The van der Waals surface area contributed by atoms with Crippen molar-refractivity contribution in [3.8, 4) is 5.75 Å². The van der Waals surface area contributed by atoms with Crippen molar-refractivity contribution < 1.29 is 9.47 Å². The monoisotopic (exact) mass is 263 g/mol. The molecule has 1 atom stereocenters. The molecule has 0 heterocycles.